The summed E-state index contributed by atoms with van der Waals surface area (Å²) in [7, 11) is 0. The molecule has 0 aliphatic carbocycles. The van der Waals surface area contributed by atoms with E-state index < -0.39 is 36.6 Å². The van der Waals surface area contributed by atoms with E-state index in [4.69, 9.17) is 5.11 Å². The molecule has 1 aliphatic heterocycles. The van der Waals surface area contributed by atoms with Crippen molar-refractivity contribution in [2.24, 2.45) is 5.92 Å². The van der Waals surface area contributed by atoms with Crippen LogP contribution in [-0.2, 0) is 14.3 Å². The van der Waals surface area contributed by atoms with Crippen LogP contribution in [0, 0.1) is 5.92 Å². The van der Waals surface area contributed by atoms with E-state index in [9.17, 15) is 22.8 Å². The first-order valence-electron chi connectivity index (χ1n) is 3.31. The summed E-state index contributed by atoms with van der Waals surface area (Å²) in [6, 6.07) is 0. The van der Waals surface area contributed by atoms with E-state index in [1.54, 1.807) is 0 Å². The number of carboxylic acids is 1. The molecule has 0 unspecified atom stereocenters. The summed E-state index contributed by atoms with van der Waals surface area (Å²) in [5.41, 5.74) is 0. The standard InChI is InChI=1S/C6H5F3O4/c7-6(8,9)2-1-3(10)13-4(2)5(11)12/h2,4H,1H2,(H,11,12)/t2-,4+/m1/s1. The average Bonchev–Trinajstić information content (AvgIpc) is 2.29. The molecule has 0 aromatic rings. The van der Waals surface area contributed by atoms with Crippen molar-refractivity contribution in [2.75, 3.05) is 0 Å². The molecule has 74 valence electrons. The highest BCUT2D eigenvalue weighted by Crippen LogP contribution is 2.37. The van der Waals surface area contributed by atoms with Crippen LogP contribution in [0.4, 0.5) is 13.2 Å². The van der Waals surface area contributed by atoms with Gasteiger partial charge in [-0.25, -0.2) is 4.79 Å². The fraction of sp³-hybridized carbons (Fsp3) is 0.667. The Bertz CT molecular complexity index is 247. The highest BCUT2D eigenvalue weighted by molar-refractivity contribution is 5.82. The number of ether oxygens (including phenoxy) is 1. The number of rotatable bonds is 1. The second-order valence-corrected chi connectivity index (χ2v) is 2.60. The fourth-order valence-corrected chi connectivity index (χ4v) is 1.07. The molecule has 0 aromatic carbocycles. The Hall–Kier alpha value is -1.27. The molecule has 13 heavy (non-hydrogen) atoms. The third kappa shape index (κ3) is 1.90. The number of esters is 1. The van der Waals surface area contributed by atoms with Crippen molar-refractivity contribution in [1.82, 2.24) is 0 Å². The molecule has 1 heterocycles. The van der Waals surface area contributed by atoms with E-state index in [1.165, 1.54) is 0 Å². The number of hydrogen-bond donors (Lipinski definition) is 1. The Balaban J connectivity index is 2.84. The summed E-state index contributed by atoms with van der Waals surface area (Å²) < 4.78 is 40.2. The number of aliphatic carboxylic acids is 1. The lowest BCUT2D eigenvalue weighted by atomic mass is 10.0. The predicted molar refractivity (Wildman–Crippen MR) is 31.7 cm³/mol. The van der Waals surface area contributed by atoms with Crippen molar-refractivity contribution in [3.8, 4) is 0 Å². The van der Waals surface area contributed by atoms with Gasteiger partial charge in [-0.15, -0.1) is 0 Å². The number of cyclic esters (lactones) is 1. The second kappa shape index (κ2) is 2.90. The number of halogens is 3. The Kier molecular flexibility index (Phi) is 2.19. The zero-order valence-electron chi connectivity index (χ0n) is 6.17. The second-order valence-electron chi connectivity index (χ2n) is 2.60. The van der Waals surface area contributed by atoms with E-state index >= 15 is 0 Å². The third-order valence-corrected chi connectivity index (χ3v) is 1.67. The molecular weight excluding hydrogens is 193 g/mol. The summed E-state index contributed by atoms with van der Waals surface area (Å²) in [5, 5.41) is 8.29. The molecule has 1 rings (SSSR count). The van der Waals surface area contributed by atoms with Crippen LogP contribution in [0.25, 0.3) is 0 Å². The van der Waals surface area contributed by atoms with Crippen molar-refractivity contribution >= 4 is 11.9 Å². The molecule has 0 radical (unpaired) electrons. The maximum Gasteiger partial charge on any atom is 0.396 e. The third-order valence-electron chi connectivity index (χ3n) is 1.67. The van der Waals surface area contributed by atoms with Crippen LogP contribution in [0.3, 0.4) is 0 Å². The van der Waals surface area contributed by atoms with E-state index in [0.29, 0.717) is 0 Å². The topological polar surface area (TPSA) is 63.6 Å². The lowest BCUT2D eigenvalue weighted by molar-refractivity contribution is -0.195. The Morgan fingerprint density at radius 2 is 2.08 bits per heavy atom. The number of carbonyl (C=O) groups is 2. The predicted octanol–water partition coefficient (Wildman–Crippen LogP) is 0.565. The van der Waals surface area contributed by atoms with E-state index in [-0.39, 0.29) is 0 Å². The first kappa shape index (κ1) is 9.82. The van der Waals surface area contributed by atoms with Gasteiger partial charge in [0.2, 0.25) is 6.10 Å². The first-order chi connectivity index (χ1) is 5.82. The van der Waals surface area contributed by atoms with Gasteiger partial charge in [-0.05, 0) is 0 Å². The molecule has 1 saturated heterocycles. The Morgan fingerprint density at radius 1 is 1.54 bits per heavy atom. The van der Waals surface area contributed by atoms with Gasteiger partial charge in [0.25, 0.3) is 0 Å². The van der Waals surface area contributed by atoms with Gasteiger partial charge in [0.15, 0.2) is 0 Å². The lowest BCUT2D eigenvalue weighted by Crippen LogP contribution is -2.35. The van der Waals surface area contributed by atoms with Gasteiger partial charge in [0, 0.05) is 0 Å². The maximum atomic E-state index is 12.0. The van der Waals surface area contributed by atoms with Crippen LogP contribution in [-0.4, -0.2) is 29.3 Å². The van der Waals surface area contributed by atoms with Crippen LogP contribution < -0.4 is 0 Å². The molecule has 1 fully saturated rings. The summed E-state index contributed by atoms with van der Waals surface area (Å²) in [5.74, 6) is -5.12. The monoisotopic (exact) mass is 198 g/mol. The van der Waals surface area contributed by atoms with Crippen molar-refractivity contribution in [3.05, 3.63) is 0 Å². The maximum absolute atomic E-state index is 12.0. The molecule has 0 bridgehead atoms. The molecule has 4 nitrogen and oxygen atoms in total. The Labute approximate surface area is 70.3 Å². The van der Waals surface area contributed by atoms with Gasteiger partial charge in [0.05, 0.1) is 6.42 Å². The molecule has 0 saturated carbocycles. The molecule has 7 heteroatoms. The molecular formula is C6H5F3O4. The highest BCUT2D eigenvalue weighted by Gasteiger charge is 2.54. The summed E-state index contributed by atoms with van der Waals surface area (Å²) in [6.07, 6.45) is -7.72. The van der Waals surface area contributed by atoms with Crippen LogP contribution in [0.5, 0.6) is 0 Å². The van der Waals surface area contributed by atoms with Gasteiger partial charge in [-0.1, -0.05) is 0 Å². The van der Waals surface area contributed by atoms with Crippen molar-refractivity contribution in [3.63, 3.8) is 0 Å². The van der Waals surface area contributed by atoms with Gasteiger partial charge < -0.3 is 9.84 Å². The summed E-state index contributed by atoms with van der Waals surface area (Å²) in [6.45, 7) is 0. The minimum Gasteiger partial charge on any atom is -0.478 e. The summed E-state index contributed by atoms with van der Waals surface area (Å²) >= 11 is 0. The van der Waals surface area contributed by atoms with Gasteiger partial charge >= 0.3 is 18.1 Å². The van der Waals surface area contributed by atoms with Gasteiger partial charge in [-0.3, -0.25) is 4.79 Å². The summed E-state index contributed by atoms with van der Waals surface area (Å²) in [4.78, 5) is 20.7. The quantitative estimate of drug-likeness (QED) is 0.625. The number of hydrogen-bond acceptors (Lipinski definition) is 3. The van der Waals surface area contributed by atoms with Crippen molar-refractivity contribution in [1.29, 1.82) is 0 Å². The molecule has 0 amide bonds. The Morgan fingerprint density at radius 3 is 2.38 bits per heavy atom. The van der Waals surface area contributed by atoms with Crippen LogP contribution in [0.1, 0.15) is 6.42 Å². The van der Waals surface area contributed by atoms with Gasteiger partial charge in [0.1, 0.15) is 5.92 Å². The zero-order valence-corrected chi connectivity index (χ0v) is 6.17. The van der Waals surface area contributed by atoms with Crippen LogP contribution in [0.2, 0.25) is 0 Å². The van der Waals surface area contributed by atoms with Crippen molar-refractivity contribution < 1.29 is 32.6 Å². The molecule has 2 atom stereocenters. The van der Waals surface area contributed by atoms with E-state index in [2.05, 4.69) is 4.74 Å². The highest BCUT2D eigenvalue weighted by atomic mass is 19.4. The largest absolute Gasteiger partial charge is 0.478 e. The molecule has 1 aliphatic rings. The smallest absolute Gasteiger partial charge is 0.396 e. The minimum atomic E-state index is -4.71. The first-order valence-corrected chi connectivity index (χ1v) is 3.31. The normalized spacial score (nSPS) is 28.7. The molecule has 0 aromatic heterocycles. The van der Waals surface area contributed by atoms with Crippen LogP contribution >= 0.6 is 0 Å². The molecule has 0 spiro atoms. The number of alkyl halides is 3. The minimum absolute atomic E-state index is 0.916. The number of carbonyl (C=O) groups excluding carboxylic acids is 1. The molecule has 1 N–H and O–H groups in total. The number of carboxylic acid groups (broad SMARTS) is 1. The van der Waals surface area contributed by atoms with Crippen molar-refractivity contribution in [2.45, 2.75) is 18.7 Å². The van der Waals surface area contributed by atoms with E-state index in [1.807, 2.05) is 0 Å². The SMILES string of the molecule is O=C1C[C@@H](C(F)(F)F)[C@@H](C(=O)O)O1. The van der Waals surface area contributed by atoms with Gasteiger partial charge in [-0.2, -0.15) is 13.2 Å². The van der Waals surface area contributed by atoms with Crippen LogP contribution in [0.15, 0.2) is 0 Å². The lowest BCUT2D eigenvalue weighted by Gasteiger charge is -2.15. The fourth-order valence-electron chi connectivity index (χ4n) is 1.07. The van der Waals surface area contributed by atoms with E-state index in [0.717, 1.165) is 0 Å². The zero-order chi connectivity index (χ0) is 10.2. The average molecular weight is 198 g/mol.